The summed E-state index contributed by atoms with van der Waals surface area (Å²) in [6.07, 6.45) is 1.98. The minimum absolute atomic E-state index is 0.165. The first-order valence-electron chi connectivity index (χ1n) is 7.82. The van der Waals surface area contributed by atoms with E-state index < -0.39 is 5.97 Å². The van der Waals surface area contributed by atoms with Crippen molar-refractivity contribution in [2.24, 2.45) is 0 Å². The summed E-state index contributed by atoms with van der Waals surface area (Å²) in [5.41, 5.74) is 0.371. The Kier molecular flexibility index (Phi) is 7.47. The lowest BCUT2D eigenvalue weighted by molar-refractivity contribution is -0.139. The van der Waals surface area contributed by atoms with Gasteiger partial charge in [-0.1, -0.05) is 30.8 Å². The molecular weight excluding hydrogens is 360 g/mol. The number of carbonyl (C=O) groups is 1. The molecule has 0 aromatic heterocycles. The lowest BCUT2D eigenvalue weighted by Gasteiger charge is -2.16. The molecule has 0 aliphatic heterocycles. The molecule has 0 radical (unpaired) electrons. The number of ether oxygens (including phenoxy) is 3. The zero-order valence-electron chi connectivity index (χ0n) is 14.3. The van der Waals surface area contributed by atoms with E-state index in [9.17, 15) is 4.79 Å². The minimum atomic E-state index is -0.414. The molecule has 6 heteroatoms. The third kappa shape index (κ3) is 5.06. The molecule has 2 rings (SSSR count). The van der Waals surface area contributed by atoms with E-state index in [1.54, 1.807) is 18.7 Å². The summed E-state index contributed by atoms with van der Waals surface area (Å²) in [6.45, 7) is 6.03. The number of hydrogen-bond acceptors (Lipinski definition) is 5. The van der Waals surface area contributed by atoms with E-state index in [1.807, 2.05) is 36.6 Å². The third-order valence-electron chi connectivity index (χ3n) is 3.39. The number of carbonyl (C=O) groups excluding carboxylic acids is 1. The second-order valence-corrected chi connectivity index (χ2v) is 6.48. The first-order valence-corrected chi connectivity index (χ1v) is 9.58. The van der Waals surface area contributed by atoms with Crippen LogP contribution in [0, 0.1) is 0 Å². The fourth-order valence-electron chi connectivity index (χ4n) is 2.26. The predicted octanol–water partition coefficient (Wildman–Crippen LogP) is 4.68. The number of fused-ring (bicyclic) bond motifs is 1. The molecule has 0 amide bonds. The highest BCUT2D eigenvalue weighted by atomic mass is 35.5. The molecule has 0 bridgehead atoms. The van der Waals surface area contributed by atoms with Crippen molar-refractivity contribution in [1.29, 1.82) is 0 Å². The van der Waals surface area contributed by atoms with Crippen molar-refractivity contribution in [2.45, 2.75) is 11.8 Å². The monoisotopic (exact) mass is 380 g/mol. The molecule has 2 aromatic carbocycles. The predicted molar refractivity (Wildman–Crippen MR) is 103 cm³/mol. The quantitative estimate of drug-likeness (QED) is 0.208. The molecule has 134 valence electrons. The molecule has 0 saturated carbocycles. The van der Waals surface area contributed by atoms with Gasteiger partial charge in [-0.15, -0.1) is 23.4 Å². The Balaban J connectivity index is 2.23. The maximum absolute atomic E-state index is 11.4. The van der Waals surface area contributed by atoms with E-state index in [4.69, 9.17) is 25.8 Å². The van der Waals surface area contributed by atoms with Crippen molar-refractivity contribution in [2.75, 3.05) is 32.0 Å². The average molecular weight is 381 g/mol. The first-order chi connectivity index (χ1) is 12.1. The number of hydrogen-bond donors (Lipinski definition) is 0. The lowest BCUT2D eigenvalue weighted by Crippen LogP contribution is -2.13. The summed E-state index contributed by atoms with van der Waals surface area (Å²) in [5.74, 6) is 1.55. The van der Waals surface area contributed by atoms with Gasteiger partial charge in [-0.2, -0.15) is 0 Å². The Hall–Kier alpha value is -1.85. The van der Waals surface area contributed by atoms with Gasteiger partial charge in [0.05, 0.1) is 10.8 Å². The number of esters is 1. The molecule has 0 spiro atoms. The van der Waals surface area contributed by atoms with Gasteiger partial charge in [0.25, 0.3) is 0 Å². The van der Waals surface area contributed by atoms with Crippen LogP contribution in [0.25, 0.3) is 10.8 Å². The molecular formula is C19H21ClO4S. The third-order valence-corrected chi connectivity index (χ3v) is 4.29. The Morgan fingerprint density at radius 3 is 2.52 bits per heavy atom. The molecule has 0 N–H and O–H groups in total. The second kappa shape index (κ2) is 9.59. The smallest absolute Gasteiger partial charge is 0.333 e. The standard InChI is InChI=1S/C19H21ClO4S/c1-13(2)19(21)24-11-10-23-18-15-7-5-4-6-14(15)16(22-9-8-20)12-17(18)25-3/h4-7,12H,1,8-11H2,2-3H3. The number of thioether (sulfide) groups is 1. The van der Waals surface area contributed by atoms with Crippen LogP contribution in [0.4, 0.5) is 0 Å². The van der Waals surface area contributed by atoms with Gasteiger partial charge in [0.15, 0.2) is 0 Å². The molecule has 0 heterocycles. The molecule has 2 aromatic rings. The van der Waals surface area contributed by atoms with Crippen LogP contribution in [-0.4, -0.2) is 37.9 Å². The molecule has 25 heavy (non-hydrogen) atoms. The molecule has 0 saturated heterocycles. The van der Waals surface area contributed by atoms with Crippen molar-refractivity contribution in [3.8, 4) is 11.5 Å². The molecule has 0 aliphatic rings. The second-order valence-electron chi connectivity index (χ2n) is 5.25. The summed E-state index contributed by atoms with van der Waals surface area (Å²) in [4.78, 5) is 12.4. The van der Waals surface area contributed by atoms with Crippen LogP contribution in [0.1, 0.15) is 6.92 Å². The van der Waals surface area contributed by atoms with Crippen LogP contribution in [-0.2, 0) is 9.53 Å². The fraction of sp³-hybridized carbons (Fsp3) is 0.316. The van der Waals surface area contributed by atoms with Crippen LogP contribution >= 0.6 is 23.4 Å². The molecule has 0 aliphatic carbocycles. The van der Waals surface area contributed by atoms with Crippen molar-refractivity contribution in [1.82, 2.24) is 0 Å². The van der Waals surface area contributed by atoms with E-state index in [1.165, 1.54) is 0 Å². The molecule has 0 unspecified atom stereocenters. The molecule has 0 atom stereocenters. The van der Waals surface area contributed by atoms with Crippen LogP contribution in [0.5, 0.6) is 11.5 Å². The Morgan fingerprint density at radius 2 is 1.88 bits per heavy atom. The summed E-state index contributed by atoms with van der Waals surface area (Å²) in [6, 6.07) is 9.82. The van der Waals surface area contributed by atoms with Gasteiger partial charge in [-0.3, -0.25) is 0 Å². The highest BCUT2D eigenvalue weighted by molar-refractivity contribution is 7.98. The van der Waals surface area contributed by atoms with Gasteiger partial charge in [-0.05, 0) is 19.2 Å². The SMILES string of the molecule is C=C(C)C(=O)OCCOc1c(SC)cc(OCCCl)c2ccccc12. The minimum Gasteiger partial charge on any atom is -0.492 e. The number of rotatable bonds is 9. The van der Waals surface area contributed by atoms with Crippen LogP contribution < -0.4 is 9.47 Å². The van der Waals surface area contributed by atoms with Crippen molar-refractivity contribution in [3.05, 3.63) is 42.5 Å². The van der Waals surface area contributed by atoms with Crippen LogP contribution in [0.2, 0.25) is 0 Å². The van der Waals surface area contributed by atoms with E-state index in [0.717, 1.165) is 27.2 Å². The van der Waals surface area contributed by atoms with Gasteiger partial charge in [0.1, 0.15) is 31.3 Å². The van der Waals surface area contributed by atoms with Gasteiger partial charge in [0.2, 0.25) is 0 Å². The normalized spacial score (nSPS) is 10.5. The first kappa shape index (κ1) is 19.5. The highest BCUT2D eigenvalue weighted by Crippen LogP contribution is 2.41. The number of alkyl halides is 1. The van der Waals surface area contributed by atoms with Crippen molar-refractivity contribution < 1.29 is 19.0 Å². The van der Waals surface area contributed by atoms with E-state index in [2.05, 4.69) is 6.58 Å². The zero-order valence-corrected chi connectivity index (χ0v) is 15.9. The van der Waals surface area contributed by atoms with Crippen LogP contribution in [0.3, 0.4) is 0 Å². The van der Waals surface area contributed by atoms with Crippen LogP contribution in [0.15, 0.2) is 47.4 Å². The zero-order chi connectivity index (χ0) is 18.2. The molecule has 0 fully saturated rings. The van der Waals surface area contributed by atoms with Gasteiger partial charge >= 0.3 is 5.97 Å². The molecule has 4 nitrogen and oxygen atoms in total. The fourth-order valence-corrected chi connectivity index (χ4v) is 2.92. The van der Waals surface area contributed by atoms with Crippen molar-refractivity contribution >= 4 is 40.1 Å². The van der Waals surface area contributed by atoms with E-state index >= 15 is 0 Å². The lowest BCUT2D eigenvalue weighted by atomic mass is 10.1. The van der Waals surface area contributed by atoms with E-state index in [-0.39, 0.29) is 13.2 Å². The van der Waals surface area contributed by atoms with Crippen molar-refractivity contribution in [3.63, 3.8) is 0 Å². The summed E-state index contributed by atoms with van der Waals surface area (Å²) >= 11 is 7.30. The summed E-state index contributed by atoms with van der Waals surface area (Å²) < 4.78 is 16.8. The average Bonchev–Trinajstić information content (AvgIpc) is 2.63. The van der Waals surface area contributed by atoms with Gasteiger partial charge in [-0.25, -0.2) is 4.79 Å². The largest absolute Gasteiger partial charge is 0.492 e. The topological polar surface area (TPSA) is 44.8 Å². The maximum atomic E-state index is 11.4. The maximum Gasteiger partial charge on any atom is 0.333 e. The summed E-state index contributed by atoms with van der Waals surface area (Å²) in [5, 5.41) is 1.91. The Labute approximate surface area is 157 Å². The highest BCUT2D eigenvalue weighted by Gasteiger charge is 2.14. The summed E-state index contributed by atoms with van der Waals surface area (Å²) in [7, 11) is 0. The number of benzene rings is 2. The number of halogens is 1. The Morgan fingerprint density at radius 1 is 1.16 bits per heavy atom. The Bertz CT molecular complexity index is 760. The van der Waals surface area contributed by atoms with E-state index in [0.29, 0.717) is 18.1 Å². The van der Waals surface area contributed by atoms with Gasteiger partial charge in [0, 0.05) is 16.3 Å². The van der Waals surface area contributed by atoms with Gasteiger partial charge < -0.3 is 14.2 Å².